The number of amides is 1. The molecule has 1 amide bonds. The van der Waals surface area contributed by atoms with Crippen LogP contribution in [0.15, 0.2) is 47.4 Å². The first kappa shape index (κ1) is 16.9. The first-order valence-electron chi connectivity index (χ1n) is 7.32. The van der Waals surface area contributed by atoms with Gasteiger partial charge in [0, 0.05) is 32.5 Å². The van der Waals surface area contributed by atoms with Crippen molar-refractivity contribution < 1.29 is 13.9 Å². The standard InChI is InChI=1S/C17H19FN2O3/c1-23-10-9-20-12-14(5-6-16(20)21)17(22)19-8-7-13-3-2-4-15(18)11-13/h2-6,11-12H,7-10H2,1H3,(H,19,22). The van der Waals surface area contributed by atoms with Crippen LogP contribution in [0.2, 0.25) is 0 Å². The number of aromatic nitrogens is 1. The predicted octanol–water partition coefficient (Wildman–Crippen LogP) is 1.61. The zero-order chi connectivity index (χ0) is 16.7. The van der Waals surface area contributed by atoms with Crippen molar-refractivity contribution >= 4 is 5.91 Å². The van der Waals surface area contributed by atoms with Crippen molar-refractivity contribution in [2.24, 2.45) is 0 Å². The largest absolute Gasteiger partial charge is 0.383 e. The van der Waals surface area contributed by atoms with Crippen LogP contribution in [0.4, 0.5) is 4.39 Å². The van der Waals surface area contributed by atoms with E-state index in [9.17, 15) is 14.0 Å². The van der Waals surface area contributed by atoms with Gasteiger partial charge in [0.05, 0.1) is 12.2 Å². The molecule has 1 aromatic heterocycles. The molecule has 0 unspecified atom stereocenters. The van der Waals surface area contributed by atoms with E-state index in [-0.39, 0.29) is 17.3 Å². The molecule has 122 valence electrons. The summed E-state index contributed by atoms with van der Waals surface area (Å²) in [5.41, 5.74) is 1.04. The highest BCUT2D eigenvalue weighted by Crippen LogP contribution is 2.04. The fourth-order valence-corrected chi connectivity index (χ4v) is 2.14. The molecule has 23 heavy (non-hydrogen) atoms. The Labute approximate surface area is 133 Å². The van der Waals surface area contributed by atoms with Crippen molar-refractivity contribution in [2.75, 3.05) is 20.3 Å². The number of methoxy groups -OCH3 is 1. The topological polar surface area (TPSA) is 60.3 Å². The van der Waals surface area contributed by atoms with Crippen LogP contribution in [0.25, 0.3) is 0 Å². The van der Waals surface area contributed by atoms with Gasteiger partial charge in [0.1, 0.15) is 5.82 Å². The number of ether oxygens (including phenoxy) is 1. The number of nitrogens with one attached hydrogen (secondary N) is 1. The SMILES string of the molecule is COCCn1cc(C(=O)NCCc2cccc(F)c2)ccc1=O. The summed E-state index contributed by atoms with van der Waals surface area (Å²) < 4.78 is 19.4. The van der Waals surface area contributed by atoms with Crippen molar-refractivity contribution in [1.82, 2.24) is 9.88 Å². The van der Waals surface area contributed by atoms with Gasteiger partial charge in [-0.2, -0.15) is 0 Å². The number of carbonyl (C=O) groups excluding carboxylic acids is 1. The van der Waals surface area contributed by atoms with E-state index in [0.29, 0.717) is 31.7 Å². The van der Waals surface area contributed by atoms with E-state index in [1.165, 1.54) is 35.0 Å². The summed E-state index contributed by atoms with van der Waals surface area (Å²) in [6, 6.07) is 9.11. The maximum absolute atomic E-state index is 13.1. The van der Waals surface area contributed by atoms with E-state index in [4.69, 9.17) is 4.74 Å². The van der Waals surface area contributed by atoms with E-state index in [1.54, 1.807) is 19.2 Å². The Bertz CT molecular complexity index is 728. The number of nitrogens with zero attached hydrogens (tertiary/aromatic N) is 1. The Morgan fingerprint density at radius 3 is 2.87 bits per heavy atom. The van der Waals surface area contributed by atoms with Gasteiger partial charge in [-0.3, -0.25) is 9.59 Å². The molecule has 0 bridgehead atoms. The molecule has 1 heterocycles. The normalized spacial score (nSPS) is 10.5. The van der Waals surface area contributed by atoms with Crippen LogP contribution in [0, 0.1) is 5.82 Å². The van der Waals surface area contributed by atoms with Crippen molar-refractivity contribution in [3.8, 4) is 0 Å². The van der Waals surface area contributed by atoms with E-state index >= 15 is 0 Å². The van der Waals surface area contributed by atoms with Crippen LogP contribution >= 0.6 is 0 Å². The fourth-order valence-electron chi connectivity index (χ4n) is 2.14. The lowest BCUT2D eigenvalue weighted by atomic mass is 10.1. The quantitative estimate of drug-likeness (QED) is 0.844. The number of pyridine rings is 1. The molecule has 0 aliphatic rings. The average molecular weight is 318 g/mol. The molecule has 0 saturated heterocycles. The lowest BCUT2D eigenvalue weighted by molar-refractivity contribution is 0.0953. The van der Waals surface area contributed by atoms with Gasteiger partial charge in [-0.15, -0.1) is 0 Å². The summed E-state index contributed by atoms with van der Waals surface area (Å²) in [4.78, 5) is 23.8. The second kappa shape index (κ2) is 8.24. The molecule has 1 N–H and O–H groups in total. The second-order valence-corrected chi connectivity index (χ2v) is 5.08. The number of hydrogen-bond acceptors (Lipinski definition) is 3. The smallest absolute Gasteiger partial charge is 0.252 e. The Hall–Kier alpha value is -2.47. The summed E-state index contributed by atoms with van der Waals surface area (Å²) >= 11 is 0. The maximum atomic E-state index is 13.1. The molecular formula is C17H19FN2O3. The van der Waals surface area contributed by atoms with E-state index in [0.717, 1.165) is 5.56 Å². The van der Waals surface area contributed by atoms with Crippen LogP contribution in [-0.4, -0.2) is 30.7 Å². The summed E-state index contributed by atoms with van der Waals surface area (Å²) in [5.74, 6) is -0.563. The third-order valence-corrected chi connectivity index (χ3v) is 3.37. The molecule has 0 aliphatic heterocycles. The van der Waals surface area contributed by atoms with Crippen molar-refractivity contribution in [1.29, 1.82) is 0 Å². The van der Waals surface area contributed by atoms with Gasteiger partial charge < -0.3 is 14.6 Å². The van der Waals surface area contributed by atoms with Crippen molar-refractivity contribution in [2.45, 2.75) is 13.0 Å². The molecule has 2 rings (SSSR count). The predicted molar refractivity (Wildman–Crippen MR) is 85.0 cm³/mol. The lowest BCUT2D eigenvalue weighted by Crippen LogP contribution is -2.28. The zero-order valence-corrected chi connectivity index (χ0v) is 12.9. The summed E-state index contributed by atoms with van der Waals surface area (Å²) in [7, 11) is 1.55. The van der Waals surface area contributed by atoms with E-state index in [1.807, 2.05) is 0 Å². The van der Waals surface area contributed by atoms with Gasteiger partial charge in [0.2, 0.25) is 0 Å². The molecule has 0 aliphatic carbocycles. The summed E-state index contributed by atoms with van der Waals surface area (Å²) in [6.07, 6.45) is 2.05. The minimum absolute atomic E-state index is 0.182. The zero-order valence-electron chi connectivity index (χ0n) is 12.9. The Balaban J connectivity index is 1.94. The molecule has 6 heteroatoms. The van der Waals surface area contributed by atoms with Crippen LogP contribution < -0.4 is 10.9 Å². The number of hydrogen-bond donors (Lipinski definition) is 1. The second-order valence-electron chi connectivity index (χ2n) is 5.08. The van der Waals surface area contributed by atoms with Crippen molar-refractivity contribution in [3.63, 3.8) is 0 Å². The number of halogens is 1. The molecule has 0 spiro atoms. The monoisotopic (exact) mass is 318 g/mol. The highest BCUT2D eigenvalue weighted by molar-refractivity contribution is 5.93. The van der Waals surface area contributed by atoms with E-state index < -0.39 is 0 Å². The van der Waals surface area contributed by atoms with Crippen molar-refractivity contribution in [3.05, 3.63) is 69.9 Å². The van der Waals surface area contributed by atoms with Gasteiger partial charge in [-0.1, -0.05) is 12.1 Å². The minimum Gasteiger partial charge on any atom is -0.383 e. The van der Waals surface area contributed by atoms with Gasteiger partial charge in [0.15, 0.2) is 0 Å². The van der Waals surface area contributed by atoms with Crippen LogP contribution in [-0.2, 0) is 17.7 Å². The Morgan fingerprint density at radius 1 is 1.30 bits per heavy atom. The van der Waals surface area contributed by atoms with Gasteiger partial charge in [0.25, 0.3) is 11.5 Å². The number of rotatable bonds is 7. The minimum atomic E-state index is -0.293. The molecule has 5 nitrogen and oxygen atoms in total. The van der Waals surface area contributed by atoms with Crippen LogP contribution in [0.1, 0.15) is 15.9 Å². The third-order valence-electron chi connectivity index (χ3n) is 3.37. The first-order chi connectivity index (χ1) is 11.1. The third kappa shape index (κ3) is 5.03. The molecule has 0 fully saturated rings. The van der Waals surface area contributed by atoms with Crippen LogP contribution in [0.5, 0.6) is 0 Å². The van der Waals surface area contributed by atoms with Gasteiger partial charge in [-0.05, 0) is 30.2 Å². The molecule has 0 radical (unpaired) electrons. The molecule has 2 aromatic rings. The summed E-state index contributed by atoms with van der Waals surface area (Å²) in [6.45, 7) is 1.17. The molecule has 0 atom stereocenters. The van der Waals surface area contributed by atoms with E-state index in [2.05, 4.69) is 5.32 Å². The Kier molecular flexibility index (Phi) is 6.05. The molecule has 0 saturated carbocycles. The first-order valence-corrected chi connectivity index (χ1v) is 7.32. The van der Waals surface area contributed by atoms with Gasteiger partial charge >= 0.3 is 0 Å². The fraction of sp³-hybridized carbons (Fsp3) is 0.294. The molecular weight excluding hydrogens is 299 g/mol. The average Bonchev–Trinajstić information content (AvgIpc) is 2.54. The van der Waals surface area contributed by atoms with Crippen LogP contribution in [0.3, 0.4) is 0 Å². The molecule has 1 aromatic carbocycles. The summed E-state index contributed by atoms with van der Waals surface area (Å²) in [5, 5.41) is 2.76. The number of benzene rings is 1. The van der Waals surface area contributed by atoms with Gasteiger partial charge in [-0.25, -0.2) is 4.39 Å². The Morgan fingerprint density at radius 2 is 2.13 bits per heavy atom. The lowest BCUT2D eigenvalue weighted by Gasteiger charge is -2.09. The number of carbonyl (C=O) groups is 1. The highest BCUT2D eigenvalue weighted by Gasteiger charge is 2.07. The maximum Gasteiger partial charge on any atom is 0.252 e. The highest BCUT2D eigenvalue weighted by atomic mass is 19.1.